The number of rotatable bonds is 3. The Morgan fingerprint density at radius 2 is 2.16 bits per heavy atom. The Kier molecular flexibility index (Phi) is 4.42. The zero-order chi connectivity index (χ0) is 13.2. The van der Waals surface area contributed by atoms with Gasteiger partial charge in [0.15, 0.2) is 0 Å². The zero-order valence-corrected chi connectivity index (χ0v) is 12.1. The molecule has 0 spiro atoms. The second-order valence-electron chi connectivity index (χ2n) is 6.64. The maximum absolute atomic E-state index is 10.4. The fourth-order valence-corrected chi connectivity index (χ4v) is 3.91. The first-order chi connectivity index (χ1) is 9.24. The molecule has 19 heavy (non-hydrogen) atoms. The van der Waals surface area contributed by atoms with Crippen molar-refractivity contribution in [1.29, 1.82) is 0 Å². The minimum Gasteiger partial charge on any atom is -0.391 e. The van der Waals surface area contributed by atoms with Crippen molar-refractivity contribution >= 4 is 0 Å². The molecule has 0 bridgehead atoms. The van der Waals surface area contributed by atoms with E-state index in [-0.39, 0.29) is 6.10 Å². The topological polar surface area (TPSA) is 35.9 Å². The van der Waals surface area contributed by atoms with E-state index in [0.29, 0.717) is 12.0 Å². The van der Waals surface area contributed by atoms with Crippen LogP contribution in [0, 0.1) is 5.92 Å². The Balaban J connectivity index is 1.54. The molecule has 0 aromatic heterocycles. The first-order valence-electron chi connectivity index (χ1n) is 7.98. The maximum Gasteiger partial charge on any atom is 0.0718 e. The molecule has 4 heteroatoms. The van der Waals surface area contributed by atoms with Crippen LogP contribution in [0.15, 0.2) is 0 Å². The maximum atomic E-state index is 10.4. The van der Waals surface area contributed by atoms with E-state index in [0.717, 1.165) is 38.8 Å². The molecule has 0 aromatic rings. The molecule has 3 saturated heterocycles. The molecule has 0 amide bonds. The number of hydrogen-bond acceptors (Lipinski definition) is 4. The normalized spacial score (nSPS) is 39.2. The summed E-state index contributed by atoms with van der Waals surface area (Å²) in [5, 5.41) is 10.4. The average molecular weight is 268 g/mol. The van der Waals surface area contributed by atoms with Gasteiger partial charge in [-0.1, -0.05) is 6.42 Å². The van der Waals surface area contributed by atoms with E-state index in [9.17, 15) is 5.11 Å². The van der Waals surface area contributed by atoms with E-state index in [4.69, 9.17) is 4.74 Å². The summed E-state index contributed by atoms with van der Waals surface area (Å²) < 4.78 is 5.39. The highest BCUT2D eigenvalue weighted by molar-refractivity contribution is 4.90. The van der Waals surface area contributed by atoms with Gasteiger partial charge in [-0.05, 0) is 32.7 Å². The molecule has 3 aliphatic heterocycles. The summed E-state index contributed by atoms with van der Waals surface area (Å²) in [6, 6.07) is 1.31. The van der Waals surface area contributed by atoms with Gasteiger partial charge in [0, 0.05) is 44.2 Å². The fourth-order valence-electron chi connectivity index (χ4n) is 3.91. The molecule has 0 aliphatic carbocycles. The number of aliphatic hydroxyl groups is 1. The summed E-state index contributed by atoms with van der Waals surface area (Å²) >= 11 is 0. The van der Waals surface area contributed by atoms with Gasteiger partial charge in [0.25, 0.3) is 0 Å². The monoisotopic (exact) mass is 268 g/mol. The van der Waals surface area contributed by atoms with Crippen LogP contribution in [0.1, 0.15) is 32.6 Å². The molecule has 3 aliphatic rings. The van der Waals surface area contributed by atoms with Crippen molar-refractivity contribution in [3.05, 3.63) is 0 Å². The van der Waals surface area contributed by atoms with Crippen molar-refractivity contribution in [3.8, 4) is 0 Å². The van der Waals surface area contributed by atoms with Crippen LogP contribution >= 0.6 is 0 Å². The van der Waals surface area contributed by atoms with Crippen LogP contribution in [0.4, 0.5) is 0 Å². The Labute approximate surface area is 116 Å². The number of piperazine rings is 1. The minimum atomic E-state index is -0.208. The lowest BCUT2D eigenvalue weighted by atomic mass is 9.95. The SMILES string of the molecule is CC1CN2CCCCC2CN1CC(O)C1CCOC1. The minimum absolute atomic E-state index is 0.208. The van der Waals surface area contributed by atoms with Gasteiger partial charge in [0.1, 0.15) is 0 Å². The fraction of sp³-hybridized carbons (Fsp3) is 1.00. The molecule has 3 heterocycles. The summed E-state index contributed by atoms with van der Waals surface area (Å²) in [6.45, 7) is 8.32. The molecule has 0 radical (unpaired) electrons. The Bertz CT molecular complexity index is 294. The van der Waals surface area contributed by atoms with Crippen molar-refractivity contribution in [3.63, 3.8) is 0 Å². The van der Waals surface area contributed by atoms with Crippen LogP contribution in [-0.4, -0.2) is 72.5 Å². The molecule has 4 unspecified atom stereocenters. The number of aliphatic hydroxyl groups excluding tert-OH is 1. The van der Waals surface area contributed by atoms with E-state index >= 15 is 0 Å². The third-order valence-corrected chi connectivity index (χ3v) is 5.25. The van der Waals surface area contributed by atoms with Crippen molar-refractivity contribution in [1.82, 2.24) is 9.80 Å². The van der Waals surface area contributed by atoms with E-state index in [2.05, 4.69) is 16.7 Å². The summed E-state index contributed by atoms with van der Waals surface area (Å²) in [7, 11) is 0. The summed E-state index contributed by atoms with van der Waals surface area (Å²) in [5.41, 5.74) is 0. The van der Waals surface area contributed by atoms with Gasteiger partial charge in [-0.2, -0.15) is 0 Å². The summed E-state index contributed by atoms with van der Waals surface area (Å²) in [6.07, 6.45) is 4.90. The number of hydrogen-bond donors (Lipinski definition) is 1. The van der Waals surface area contributed by atoms with Crippen molar-refractivity contribution in [2.24, 2.45) is 5.92 Å². The number of nitrogens with zero attached hydrogens (tertiary/aromatic N) is 2. The van der Waals surface area contributed by atoms with Gasteiger partial charge in [-0.15, -0.1) is 0 Å². The van der Waals surface area contributed by atoms with Crippen LogP contribution in [0.5, 0.6) is 0 Å². The van der Waals surface area contributed by atoms with Gasteiger partial charge in [-0.3, -0.25) is 9.80 Å². The molecule has 0 aromatic carbocycles. The lowest BCUT2D eigenvalue weighted by Gasteiger charge is -2.48. The summed E-state index contributed by atoms with van der Waals surface area (Å²) in [5.74, 6) is 0.358. The van der Waals surface area contributed by atoms with Crippen molar-refractivity contribution in [2.75, 3.05) is 39.4 Å². The molecule has 3 fully saturated rings. The molecule has 0 saturated carbocycles. The number of piperidine rings is 1. The van der Waals surface area contributed by atoms with Crippen LogP contribution in [-0.2, 0) is 4.74 Å². The molecule has 4 atom stereocenters. The van der Waals surface area contributed by atoms with Crippen molar-refractivity contribution in [2.45, 2.75) is 50.8 Å². The number of ether oxygens (including phenoxy) is 1. The molecular weight excluding hydrogens is 240 g/mol. The highest BCUT2D eigenvalue weighted by atomic mass is 16.5. The largest absolute Gasteiger partial charge is 0.391 e. The van der Waals surface area contributed by atoms with E-state index in [1.54, 1.807) is 0 Å². The van der Waals surface area contributed by atoms with Gasteiger partial charge in [0.2, 0.25) is 0 Å². The summed E-state index contributed by atoms with van der Waals surface area (Å²) in [4.78, 5) is 5.17. The van der Waals surface area contributed by atoms with E-state index < -0.39 is 0 Å². The van der Waals surface area contributed by atoms with Gasteiger partial charge < -0.3 is 9.84 Å². The predicted molar refractivity (Wildman–Crippen MR) is 75.2 cm³/mol. The van der Waals surface area contributed by atoms with Crippen LogP contribution in [0.2, 0.25) is 0 Å². The van der Waals surface area contributed by atoms with Crippen LogP contribution < -0.4 is 0 Å². The number of fused-ring (bicyclic) bond motifs is 1. The van der Waals surface area contributed by atoms with Gasteiger partial charge in [0.05, 0.1) is 12.7 Å². The Hall–Kier alpha value is -0.160. The van der Waals surface area contributed by atoms with Gasteiger partial charge in [-0.25, -0.2) is 0 Å². The molecule has 3 rings (SSSR count). The zero-order valence-electron chi connectivity index (χ0n) is 12.1. The van der Waals surface area contributed by atoms with E-state index in [1.165, 1.54) is 32.4 Å². The van der Waals surface area contributed by atoms with E-state index in [1.807, 2.05) is 0 Å². The predicted octanol–water partition coefficient (Wildman–Crippen LogP) is 0.942. The standard InChI is InChI=1S/C15H28N2O2/c1-12-8-16-6-3-2-4-14(16)9-17(12)10-15(18)13-5-7-19-11-13/h12-15,18H,2-11H2,1H3. The third-order valence-electron chi connectivity index (χ3n) is 5.25. The highest BCUT2D eigenvalue weighted by Crippen LogP contribution is 2.25. The second kappa shape index (κ2) is 6.08. The van der Waals surface area contributed by atoms with Crippen LogP contribution in [0.25, 0.3) is 0 Å². The average Bonchev–Trinajstić information content (AvgIpc) is 2.93. The third kappa shape index (κ3) is 3.13. The molecule has 4 nitrogen and oxygen atoms in total. The van der Waals surface area contributed by atoms with Gasteiger partial charge >= 0.3 is 0 Å². The first-order valence-corrected chi connectivity index (χ1v) is 7.98. The number of β-amino-alcohol motifs (C(OH)–C–C–N with tert-alkyl or cyclic N) is 1. The highest BCUT2D eigenvalue weighted by Gasteiger charge is 2.35. The quantitative estimate of drug-likeness (QED) is 0.826. The lowest BCUT2D eigenvalue weighted by molar-refractivity contribution is -0.0198. The Morgan fingerprint density at radius 1 is 1.26 bits per heavy atom. The molecular formula is C15H28N2O2. The van der Waals surface area contributed by atoms with Crippen molar-refractivity contribution < 1.29 is 9.84 Å². The van der Waals surface area contributed by atoms with Crippen LogP contribution in [0.3, 0.4) is 0 Å². The Morgan fingerprint density at radius 3 is 2.95 bits per heavy atom. The first kappa shape index (κ1) is 13.8. The molecule has 1 N–H and O–H groups in total. The molecule has 110 valence electrons. The second-order valence-corrected chi connectivity index (χ2v) is 6.64. The smallest absolute Gasteiger partial charge is 0.0718 e. The lowest BCUT2D eigenvalue weighted by Crippen LogP contribution is -2.60.